The Hall–Kier alpha value is 0.0569. The standard InChI is InChI=1S/C10H24O4Si/c1-4-11-7-9-13-15(6-3)14-10-8-12-5-2/h15H,4-10H2,1-3H3. The first-order chi connectivity index (χ1) is 7.35. The van der Waals surface area contributed by atoms with Gasteiger partial charge in [-0.1, -0.05) is 6.92 Å². The molecule has 0 unspecified atom stereocenters. The zero-order valence-electron chi connectivity index (χ0n) is 10.2. The van der Waals surface area contributed by atoms with Gasteiger partial charge in [-0.2, -0.15) is 0 Å². The minimum absolute atomic E-state index is 0.646. The van der Waals surface area contributed by atoms with Crippen LogP contribution in [0.1, 0.15) is 20.8 Å². The molecule has 5 heteroatoms. The molecule has 0 fully saturated rings. The first-order valence-electron chi connectivity index (χ1n) is 5.73. The van der Waals surface area contributed by atoms with E-state index < -0.39 is 9.28 Å². The van der Waals surface area contributed by atoms with E-state index in [9.17, 15) is 0 Å². The van der Waals surface area contributed by atoms with Crippen molar-refractivity contribution >= 4 is 9.28 Å². The van der Waals surface area contributed by atoms with Crippen LogP contribution in [0.25, 0.3) is 0 Å². The summed E-state index contributed by atoms with van der Waals surface area (Å²) in [6.07, 6.45) is 0. The molecule has 0 aromatic rings. The second-order valence-electron chi connectivity index (χ2n) is 2.97. The van der Waals surface area contributed by atoms with Gasteiger partial charge in [0.15, 0.2) is 0 Å². The Labute approximate surface area is 94.7 Å². The van der Waals surface area contributed by atoms with E-state index in [-0.39, 0.29) is 0 Å². The fourth-order valence-corrected chi connectivity index (χ4v) is 2.34. The number of hydrogen-bond donors (Lipinski definition) is 0. The molecule has 0 rings (SSSR count). The van der Waals surface area contributed by atoms with Crippen molar-refractivity contribution in [2.45, 2.75) is 26.8 Å². The Balaban J connectivity index is 3.29. The lowest BCUT2D eigenvalue weighted by molar-refractivity contribution is 0.0753. The maximum absolute atomic E-state index is 5.61. The molecule has 0 aromatic carbocycles. The summed E-state index contributed by atoms with van der Waals surface area (Å²) in [5.41, 5.74) is 0. The van der Waals surface area contributed by atoms with Crippen molar-refractivity contribution in [1.29, 1.82) is 0 Å². The third kappa shape index (κ3) is 10.3. The summed E-state index contributed by atoms with van der Waals surface area (Å²) in [6.45, 7) is 10.2. The first kappa shape index (κ1) is 15.1. The van der Waals surface area contributed by atoms with Crippen molar-refractivity contribution in [3.05, 3.63) is 0 Å². The van der Waals surface area contributed by atoms with Gasteiger partial charge in [-0.25, -0.2) is 0 Å². The molecule has 4 nitrogen and oxygen atoms in total. The Kier molecular flexibility index (Phi) is 12.2. The molecule has 0 saturated carbocycles. The van der Waals surface area contributed by atoms with Gasteiger partial charge in [0, 0.05) is 13.2 Å². The Morgan fingerprint density at radius 1 is 0.733 bits per heavy atom. The second kappa shape index (κ2) is 12.1. The maximum atomic E-state index is 5.61. The van der Waals surface area contributed by atoms with Crippen LogP contribution >= 0.6 is 0 Å². The highest BCUT2D eigenvalue weighted by atomic mass is 28.3. The molecule has 0 aliphatic carbocycles. The third-order valence-electron chi connectivity index (χ3n) is 1.80. The second-order valence-corrected chi connectivity index (χ2v) is 5.32. The van der Waals surface area contributed by atoms with Gasteiger partial charge >= 0.3 is 9.28 Å². The molecule has 0 radical (unpaired) electrons. The van der Waals surface area contributed by atoms with Crippen LogP contribution in [0.5, 0.6) is 0 Å². The summed E-state index contributed by atoms with van der Waals surface area (Å²) in [5, 5.41) is 0. The van der Waals surface area contributed by atoms with Crippen LogP contribution in [0.2, 0.25) is 6.04 Å². The van der Waals surface area contributed by atoms with E-state index in [2.05, 4.69) is 6.92 Å². The number of rotatable bonds is 11. The van der Waals surface area contributed by atoms with Crippen molar-refractivity contribution in [1.82, 2.24) is 0 Å². The average Bonchev–Trinajstić information content (AvgIpc) is 2.27. The highest BCUT2D eigenvalue weighted by Crippen LogP contribution is 1.96. The lowest BCUT2D eigenvalue weighted by Gasteiger charge is -2.15. The monoisotopic (exact) mass is 236 g/mol. The van der Waals surface area contributed by atoms with E-state index in [1.165, 1.54) is 0 Å². The van der Waals surface area contributed by atoms with Gasteiger partial charge < -0.3 is 18.3 Å². The van der Waals surface area contributed by atoms with Gasteiger partial charge in [-0.3, -0.25) is 0 Å². The van der Waals surface area contributed by atoms with E-state index in [1.54, 1.807) is 0 Å². The molecule has 0 heterocycles. The normalized spacial score (nSPS) is 11.2. The average molecular weight is 236 g/mol. The van der Waals surface area contributed by atoms with E-state index in [0.717, 1.165) is 19.3 Å². The summed E-state index contributed by atoms with van der Waals surface area (Å²) >= 11 is 0. The van der Waals surface area contributed by atoms with Crippen LogP contribution in [0.15, 0.2) is 0 Å². The molecule has 0 spiro atoms. The van der Waals surface area contributed by atoms with Gasteiger partial charge in [-0.15, -0.1) is 0 Å². The molecule has 0 aliphatic heterocycles. The molecule has 0 aromatic heterocycles. The van der Waals surface area contributed by atoms with Crippen LogP contribution in [0.4, 0.5) is 0 Å². The Morgan fingerprint density at radius 3 is 1.53 bits per heavy atom. The minimum atomic E-state index is -1.46. The largest absolute Gasteiger partial charge is 0.394 e. The van der Waals surface area contributed by atoms with E-state index >= 15 is 0 Å². The van der Waals surface area contributed by atoms with Crippen LogP contribution in [-0.2, 0) is 18.3 Å². The fourth-order valence-electron chi connectivity index (χ4n) is 1.05. The molecule has 15 heavy (non-hydrogen) atoms. The van der Waals surface area contributed by atoms with Crippen molar-refractivity contribution in [2.24, 2.45) is 0 Å². The molecule has 92 valence electrons. The van der Waals surface area contributed by atoms with Crippen molar-refractivity contribution < 1.29 is 18.3 Å². The van der Waals surface area contributed by atoms with E-state index in [1.807, 2.05) is 13.8 Å². The highest BCUT2D eigenvalue weighted by molar-refractivity contribution is 6.44. The lowest BCUT2D eigenvalue weighted by atomic mass is 10.8. The molecule has 0 atom stereocenters. The molecule has 0 amide bonds. The van der Waals surface area contributed by atoms with Gasteiger partial charge in [0.05, 0.1) is 26.4 Å². The van der Waals surface area contributed by atoms with Crippen molar-refractivity contribution in [3.8, 4) is 0 Å². The molecule has 0 saturated heterocycles. The van der Waals surface area contributed by atoms with E-state index in [4.69, 9.17) is 18.3 Å². The quantitative estimate of drug-likeness (QED) is 0.401. The summed E-state index contributed by atoms with van der Waals surface area (Å²) in [7, 11) is -1.46. The molecular weight excluding hydrogens is 212 g/mol. The zero-order chi connectivity index (χ0) is 11.4. The Morgan fingerprint density at radius 2 is 1.20 bits per heavy atom. The summed E-state index contributed by atoms with van der Waals surface area (Å²) in [6, 6.07) is 0.984. The van der Waals surface area contributed by atoms with Crippen LogP contribution < -0.4 is 0 Å². The number of ether oxygens (including phenoxy) is 2. The minimum Gasteiger partial charge on any atom is -0.394 e. The third-order valence-corrected chi connectivity index (χ3v) is 3.69. The van der Waals surface area contributed by atoms with E-state index in [0.29, 0.717) is 26.4 Å². The highest BCUT2D eigenvalue weighted by Gasteiger charge is 2.09. The first-order valence-corrected chi connectivity index (χ1v) is 7.49. The summed E-state index contributed by atoms with van der Waals surface area (Å²) in [5.74, 6) is 0. The lowest BCUT2D eigenvalue weighted by Crippen LogP contribution is -2.25. The Bertz CT molecular complexity index is 112. The summed E-state index contributed by atoms with van der Waals surface area (Å²) in [4.78, 5) is 0. The molecule has 0 bridgehead atoms. The fraction of sp³-hybridized carbons (Fsp3) is 1.00. The van der Waals surface area contributed by atoms with Gasteiger partial charge in [0.25, 0.3) is 0 Å². The molecular formula is C10H24O4Si. The predicted molar refractivity (Wildman–Crippen MR) is 62.5 cm³/mol. The maximum Gasteiger partial charge on any atom is 0.321 e. The van der Waals surface area contributed by atoms with Gasteiger partial charge in [0.2, 0.25) is 0 Å². The van der Waals surface area contributed by atoms with Crippen molar-refractivity contribution in [3.63, 3.8) is 0 Å². The predicted octanol–water partition coefficient (Wildman–Crippen LogP) is 1.33. The number of hydrogen-bond acceptors (Lipinski definition) is 4. The smallest absolute Gasteiger partial charge is 0.321 e. The van der Waals surface area contributed by atoms with Crippen molar-refractivity contribution in [2.75, 3.05) is 39.6 Å². The van der Waals surface area contributed by atoms with Crippen LogP contribution in [0.3, 0.4) is 0 Å². The molecule has 0 N–H and O–H groups in total. The summed E-state index contributed by atoms with van der Waals surface area (Å²) < 4.78 is 21.6. The van der Waals surface area contributed by atoms with Crippen LogP contribution in [0, 0.1) is 0 Å². The van der Waals surface area contributed by atoms with Gasteiger partial charge in [0.1, 0.15) is 0 Å². The SMILES string of the molecule is CCOCCO[SiH](CC)OCCOCC. The van der Waals surface area contributed by atoms with Gasteiger partial charge in [-0.05, 0) is 19.9 Å². The zero-order valence-corrected chi connectivity index (χ0v) is 11.3. The topological polar surface area (TPSA) is 36.9 Å². The molecule has 0 aliphatic rings. The van der Waals surface area contributed by atoms with Crippen LogP contribution in [-0.4, -0.2) is 48.9 Å².